The Balaban J connectivity index is 1.07. The summed E-state index contributed by atoms with van der Waals surface area (Å²) >= 11 is 0. The van der Waals surface area contributed by atoms with Crippen LogP contribution in [0.2, 0.25) is 0 Å². The van der Waals surface area contributed by atoms with Crippen LogP contribution in [0, 0.1) is 11.3 Å². The molecule has 0 aliphatic carbocycles. The highest BCUT2D eigenvalue weighted by Gasteiger charge is 2.32. The average molecular weight is 595 g/mol. The van der Waals surface area contributed by atoms with Gasteiger partial charge in [-0.15, -0.1) is 0 Å². The lowest BCUT2D eigenvalue weighted by Gasteiger charge is -2.35. The van der Waals surface area contributed by atoms with Gasteiger partial charge in [0.05, 0.1) is 17.2 Å². The molecule has 2 heterocycles. The average Bonchev–Trinajstić information content (AvgIpc) is 3.00. The predicted molar refractivity (Wildman–Crippen MR) is 154 cm³/mol. The summed E-state index contributed by atoms with van der Waals surface area (Å²) in [4.78, 5) is 17.2. The monoisotopic (exact) mass is 594 g/mol. The van der Waals surface area contributed by atoms with Gasteiger partial charge in [-0.05, 0) is 72.9 Å². The molecule has 2 saturated heterocycles. The van der Waals surface area contributed by atoms with Crippen LogP contribution in [0.5, 0.6) is 5.75 Å². The Labute approximate surface area is 248 Å². The molecule has 2 aliphatic rings. The van der Waals surface area contributed by atoms with Crippen LogP contribution in [-0.2, 0) is 19.3 Å². The fourth-order valence-corrected chi connectivity index (χ4v) is 5.61. The summed E-state index contributed by atoms with van der Waals surface area (Å²) in [6.07, 6.45) is -4.28. The first-order valence-corrected chi connectivity index (χ1v) is 14.5. The lowest BCUT2D eigenvalue weighted by Crippen LogP contribution is -2.46. The van der Waals surface area contributed by atoms with Gasteiger partial charge in [0.15, 0.2) is 0 Å². The van der Waals surface area contributed by atoms with E-state index in [0.29, 0.717) is 42.0 Å². The van der Waals surface area contributed by atoms with Gasteiger partial charge in [0.2, 0.25) is 0 Å². The van der Waals surface area contributed by atoms with E-state index in [2.05, 4.69) is 16.3 Å². The van der Waals surface area contributed by atoms with Gasteiger partial charge in [0.1, 0.15) is 18.0 Å². The molecule has 1 N–H and O–H groups in total. The zero-order valence-corrected chi connectivity index (χ0v) is 23.7. The van der Waals surface area contributed by atoms with E-state index >= 15 is 4.39 Å². The number of amides is 1. The number of nitrogens with one attached hydrogen (secondary N) is 1. The standard InChI is InChI=1S/C33H34F4N4O2/c34-30-22-41(21-25-8-10-27(11-9-25)33(35,36)37)17-14-31(30)43-29-3-1-2-26(18-29)32(42)39-28-12-15-40(16-13-28)20-24-6-4-23(19-38)5-7-24/h1-11,18,28,30-31H,12-17,20-22H2,(H,39,42)/t30-,31-/m1/s1. The molecule has 0 bridgehead atoms. The number of piperidine rings is 2. The van der Waals surface area contributed by atoms with Crippen LogP contribution >= 0.6 is 0 Å². The van der Waals surface area contributed by atoms with Gasteiger partial charge >= 0.3 is 6.18 Å². The van der Waals surface area contributed by atoms with Crippen molar-refractivity contribution in [3.63, 3.8) is 0 Å². The van der Waals surface area contributed by atoms with Gasteiger partial charge < -0.3 is 10.1 Å². The Bertz CT molecular complexity index is 1410. The van der Waals surface area contributed by atoms with Gasteiger partial charge in [-0.1, -0.05) is 30.3 Å². The molecule has 3 aromatic rings. The van der Waals surface area contributed by atoms with Crippen molar-refractivity contribution in [3.8, 4) is 11.8 Å². The normalized spacial score (nSPS) is 20.3. The molecular formula is C33H34F4N4O2. The smallest absolute Gasteiger partial charge is 0.416 e. The Morgan fingerprint density at radius 1 is 0.907 bits per heavy atom. The van der Waals surface area contributed by atoms with Gasteiger partial charge in [-0.25, -0.2) is 4.39 Å². The topological polar surface area (TPSA) is 68.6 Å². The number of nitriles is 1. The number of benzene rings is 3. The minimum atomic E-state index is -4.39. The van der Waals surface area contributed by atoms with Crippen molar-refractivity contribution in [3.05, 3.63) is 101 Å². The first kappa shape index (κ1) is 30.5. The fraction of sp³-hybridized carbons (Fsp3) is 0.394. The maximum absolute atomic E-state index is 15.1. The van der Waals surface area contributed by atoms with Crippen molar-refractivity contribution in [2.24, 2.45) is 0 Å². The summed E-state index contributed by atoms with van der Waals surface area (Å²) in [5.41, 5.74) is 2.23. The van der Waals surface area contributed by atoms with Crippen molar-refractivity contribution in [1.29, 1.82) is 5.26 Å². The predicted octanol–water partition coefficient (Wildman–Crippen LogP) is 5.96. The number of nitrogens with zero attached hydrogens (tertiary/aromatic N) is 3. The summed E-state index contributed by atoms with van der Waals surface area (Å²) in [5.74, 6) is 0.230. The van der Waals surface area contributed by atoms with Crippen LogP contribution in [-0.4, -0.2) is 60.2 Å². The quantitative estimate of drug-likeness (QED) is 0.326. The summed E-state index contributed by atoms with van der Waals surface area (Å²) in [6.45, 7) is 3.50. The van der Waals surface area contributed by atoms with E-state index in [-0.39, 0.29) is 18.5 Å². The van der Waals surface area contributed by atoms with E-state index in [0.717, 1.165) is 50.2 Å². The third kappa shape index (κ3) is 8.33. The first-order chi connectivity index (χ1) is 20.7. The SMILES string of the molecule is N#Cc1ccc(CN2CCC(NC(=O)c3cccc(O[C@@H]4CCN(Cc5ccc(C(F)(F)F)cc5)C[C@H]4F)c3)CC2)cc1. The number of carbonyl (C=O) groups is 1. The molecule has 1 amide bonds. The Hall–Kier alpha value is -3.94. The molecule has 10 heteroatoms. The first-order valence-electron chi connectivity index (χ1n) is 14.5. The molecule has 43 heavy (non-hydrogen) atoms. The highest BCUT2D eigenvalue weighted by molar-refractivity contribution is 5.94. The highest BCUT2D eigenvalue weighted by Crippen LogP contribution is 2.30. The third-order valence-corrected chi connectivity index (χ3v) is 8.05. The second-order valence-corrected chi connectivity index (χ2v) is 11.3. The van der Waals surface area contributed by atoms with Crippen LogP contribution in [0.15, 0.2) is 72.8 Å². The molecule has 0 saturated carbocycles. The Morgan fingerprint density at radius 3 is 2.16 bits per heavy atom. The zero-order valence-electron chi connectivity index (χ0n) is 23.7. The number of hydrogen-bond donors (Lipinski definition) is 1. The number of rotatable bonds is 8. The van der Waals surface area contributed by atoms with Crippen molar-refractivity contribution in [2.75, 3.05) is 26.2 Å². The van der Waals surface area contributed by atoms with Gasteiger partial charge in [0.25, 0.3) is 5.91 Å². The Kier molecular flexibility index (Phi) is 9.63. The minimum Gasteiger partial charge on any atom is -0.487 e. The van der Waals surface area contributed by atoms with E-state index in [1.165, 1.54) is 12.1 Å². The molecule has 0 aromatic heterocycles. The number of halogens is 4. The van der Waals surface area contributed by atoms with E-state index in [1.807, 2.05) is 29.2 Å². The zero-order chi connectivity index (χ0) is 30.4. The number of carbonyl (C=O) groups excluding carboxylic acids is 1. The van der Waals surface area contributed by atoms with Gasteiger partial charge in [-0.2, -0.15) is 18.4 Å². The van der Waals surface area contributed by atoms with Crippen LogP contribution in [0.4, 0.5) is 17.6 Å². The molecule has 2 aliphatic heterocycles. The second-order valence-electron chi connectivity index (χ2n) is 11.3. The second kappa shape index (κ2) is 13.6. The molecule has 0 spiro atoms. The molecular weight excluding hydrogens is 560 g/mol. The maximum Gasteiger partial charge on any atom is 0.416 e. The number of ether oxygens (including phenoxy) is 1. The third-order valence-electron chi connectivity index (χ3n) is 8.05. The summed E-state index contributed by atoms with van der Waals surface area (Å²) < 4.78 is 59.5. The van der Waals surface area contributed by atoms with Crippen LogP contribution in [0.3, 0.4) is 0 Å². The molecule has 2 atom stereocenters. The molecule has 0 radical (unpaired) electrons. The highest BCUT2D eigenvalue weighted by atomic mass is 19.4. The van der Waals surface area contributed by atoms with E-state index in [4.69, 9.17) is 10.00 Å². The maximum atomic E-state index is 15.1. The van der Waals surface area contributed by atoms with Crippen molar-refractivity contribution < 1.29 is 27.1 Å². The fourth-order valence-electron chi connectivity index (χ4n) is 5.61. The van der Waals surface area contributed by atoms with E-state index in [9.17, 15) is 18.0 Å². The molecule has 5 rings (SSSR count). The molecule has 226 valence electrons. The molecule has 6 nitrogen and oxygen atoms in total. The van der Waals surface area contributed by atoms with Gasteiger partial charge in [-0.3, -0.25) is 14.6 Å². The van der Waals surface area contributed by atoms with Gasteiger partial charge in [0, 0.05) is 50.9 Å². The lowest BCUT2D eigenvalue weighted by atomic mass is 10.0. The minimum absolute atomic E-state index is 0.0542. The molecule has 0 unspecified atom stereocenters. The van der Waals surface area contributed by atoms with Crippen LogP contribution in [0.25, 0.3) is 0 Å². The lowest BCUT2D eigenvalue weighted by molar-refractivity contribution is -0.137. The summed E-state index contributed by atoms with van der Waals surface area (Å²) in [5, 5.41) is 12.1. The van der Waals surface area contributed by atoms with E-state index in [1.54, 1.807) is 24.3 Å². The number of hydrogen-bond acceptors (Lipinski definition) is 5. The largest absolute Gasteiger partial charge is 0.487 e. The van der Waals surface area contributed by atoms with Crippen molar-refractivity contribution >= 4 is 5.91 Å². The van der Waals surface area contributed by atoms with Crippen molar-refractivity contribution in [2.45, 2.75) is 56.8 Å². The number of likely N-dealkylation sites (tertiary alicyclic amines) is 2. The van der Waals surface area contributed by atoms with Crippen molar-refractivity contribution in [1.82, 2.24) is 15.1 Å². The number of alkyl halides is 4. The Morgan fingerprint density at radius 2 is 1.53 bits per heavy atom. The van der Waals surface area contributed by atoms with E-state index < -0.39 is 24.0 Å². The molecule has 3 aromatic carbocycles. The van der Waals surface area contributed by atoms with Crippen LogP contribution < -0.4 is 10.1 Å². The summed E-state index contributed by atoms with van der Waals surface area (Å²) in [7, 11) is 0. The summed E-state index contributed by atoms with van der Waals surface area (Å²) in [6, 6.07) is 21.5. The van der Waals surface area contributed by atoms with Crippen LogP contribution in [0.1, 0.15) is 51.9 Å². The molecule has 2 fully saturated rings.